The predicted octanol–water partition coefficient (Wildman–Crippen LogP) is 2.98. The van der Waals surface area contributed by atoms with Gasteiger partial charge in [-0.3, -0.25) is 14.8 Å². The van der Waals surface area contributed by atoms with Crippen LogP contribution in [-0.4, -0.2) is 36.3 Å². The summed E-state index contributed by atoms with van der Waals surface area (Å²) >= 11 is 0. The summed E-state index contributed by atoms with van der Waals surface area (Å²) in [5.41, 5.74) is -0.542. The predicted molar refractivity (Wildman–Crippen MR) is 75.6 cm³/mol. The molecule has 0 aromatic carbocycles. The zero-order chi connectivity index (χ0) is 18.4. The molecular formula is C15H12F4N2O4. The van der Waals surface area contributed by atoms with E-state index in [1.54, 1.807) is 0 Å². The highest BCUT2D eigenvalue weighted by atomic mass is 19.3. The lowest BCUT2D eigenvalue weighted by Gasteiger charge is -2.19. The highest BCUT2D eigenvalue weighted by Gasteiger charge is 2.33. The molecule has 0 aliphatic heterocycles. The van der Waals surface area contributed by atoms with Crippen molar-refractivity contribution in [1.82, 2.24) is 9.97 Å². The smallest absolute Gasteiger partial charge is 0.387 e. The highest BCUT2D eigenvalue weighted by Crippen LogP contribution is 2.35. The molecule has 6 nitrogen and oxygen atoms in total. The quantitative estimate of drug-likeness (QED) is 0.558. The number of ether oxygens (including phenoxy) is 3. The fraction of sp³-hybridized carbons (Fsp3) is 0.267. The molecule has 0 saturated heterocycles. The van der Waals surface area contributed by atoms with E-state index in [0.29, 0.717) is 0 Å². The Kier molecular flexibility index (Phi) is 6.09. The molecule has 10 heteroatoms. The summed E-state index contributed by atoms with van der Waals surface area (Å²) in [6, 6.07) is 4.93. The molecule has 0 saturated carbocycles. The van der Waals surface area contributed by atoms with E-state index < -0.39 is 36.6 Å². The molecule has 0 bridgehead atoms. The fourth-order valence-electron chi connectivity index (χ4n) is 2.10. The van der Waals surface area contributed by atoms with Crippen molar-refractivity contribution in [1.29, 1.82) is 0 Å². The first-order valence-electron chi connectivity index (χ1n) is 6.81. The van der Waals surface area contributed by atoms with Gasteiger partial charge in [-0.2, -0.15) is 17.6 Å². The molecule has 0 amide bonds. The Hall–Kier alpha value is -2.91. The number of alkyl halides is 4. The first kappa shape index (κ1) is 18.4. The monoisotopic (exact) mass is 360 g/mol. The number of aromatic nitrogens is 2. The van der Waals surface area contributed by atoms with Crippen molar-refractivity contribution in [3.8, 4) is 11.5 Å². The van der Waals surface area contributed by atoms with Crippen LogP contribution in [0.15, 0.2) is 36.7 Å². The Morgan fingerprint density at radius 1 is 0.920 bits per heavy atom. The second-order valence-corrected chi connectivity index (χ2v) is 4.49. The minimum atomic E-state index is -3.18. The largest absolute Gasteiger partial charge is 0.468 e. The number of nitrogens with zero attached hydrogens (tertiary/aromatic N) is 2. The van der Waals surface area contributed by atoms with Crippen LogP contribution < -0.4 is 9.47 Å². The van der Waals surface area contributed by atoms with Gasteiger partial charge in [0.1, 0.15) is 28.8 Å². The van der Waals surface area contributed by atoms with E-state index in [1.165, 1.54) is 24.5 Å². The van der Waals surface area contributed by atoms with Crippen LogP contribution in [0.2, 0.25) is 0 Å². The lowest BCUT2D eigenvalue weighted by Crippen LogP contribution is -2.21. The SMILES string of the molecule is COC(=O)C(c1ncccc1OC(F)F)c1ncccc1OC(F)F. The molecule has 0 atom stereocenters. The third kappa shape index (κ3) is 4.55. The normalized spacial score (nSPS) is 11.0. The van der Waals surface area contributed by atoms with E-state index in [-0.39, 0.29) is 11.4 Å². The summed E-state index contributed by atoms with van der Waals surface area (Å²) in [6.07, 6.45) is 2.44. The minimum absolute atomic E-state index is 0.271. The Morgan fingerprint density at radius 3 is 1.72 bits per heavy atom. The zero-order valence-corrected chi connectivity index (χ0v) is 12.7. The molecule has 0 N–H and O–H groups in total. The number of halogens is 4. The van der Waals surface area contributed by atoms with Crippen LogP contribution in [0, 0.1) is 0 Å². The third-order valence-corrected chi connectivity index (χ3v) is 3.02. The average molecular weight is 360 g/mol. The van der Waals surface area contributed by atoms with Gasteiger partial charge >= 0.3 is 19.2 Å². The van der Waals surface area contributed by atoms with Gasteiger partial charge in [0.25, 0.3) is 0 Å². The van der Waals surface area contributed by atoms with Gasteiger partial charge in [-0.25, -0.2) is 0 Å². The number of carbonyl (C=O) groups excluding carboxylic acids is 1. The number of pyridine rings is 2. The number of hydrogen-bond acceptors (Lipinski definition) is 6. The lowest BCUT2D eigenvalue weighted by molar-refractivity contribution is -0.141. The molecule has 0 spiro atoms. The number of esters is 1. The second-order valence-electron chi connectivity index (χ2n) is 4.49. The first-order valence-corrected chi connectivity index (χ1v) is 6.81. The van der Waals surface area contributed by atoms with Gasteiger partial charge in [0.05, 0.1) is 7.11 Å². The highest BCUT2D eigenvalue weighted by molar-refractivity contribution is 5.82. The van der Waals surface area contributed by atoms with Crippen LogP contribution >= 0.6 is 0 Å². The Morgan fingerprint density at radius 2 is 1.36 bits per heavy atom. The van der Waals surface area contributed by atoms with E-state index in [2.05, 4.69) is 24.2 Å². The van der Waals surface area contributed by atoms with Crippen LogP contribution in [0.3, 0.4) is 0 Å². The molecular weight excluding hydrogens is 348 g/mol. The molecule has 2 heterocycles. The number of hydrogen-bond donors (Lipinski definition) is 0. The molecule has 134 valence electrons. The molecule has 2 aromatic rings. The van der Waals surface area contributed by atoms with Crippen molar-refractivity contribution >= 4 is 5.97 Å². The van der Waals surface area contributed by atoms with Crippen molar-refractivity contribution in [2.75, 3.05) is 7.11 Å². The standard InChI is InChI=1S/C15H12F4N2O4/c1-23-13(22)10(11-8(24-14(16)17)4-2-6-20-11)12-9(25-15(18)19)5-3-7-21-12/h2-7,10,14-15H,1H3. The van der Waals surface area contributed by atoms with E-state index in [4.69, 9.17) is 0 Å². The molecule has 0 aliphatic carbocycles. The summed E-state index contributed by atoms with van der Waals surface area (Å²) in [5, 5.41) is 0. The van der Waals surface area contributed by atoms with Crippen molar-refractivity contribution in [3.05, 3.63) is 48.0 Å². The lowest BCUT2D eigenvalue weighted by atomic mass is 9.98. The first-order chi connectivity index (χ1) is 11.9. The molecule has 0 radical (unpaired) electrons. The van der Waals surface area contributed by atoms with E-state index in [1.807, 2.05) is 0 Å². The topological polar surface area (TPSA) is 70.5 Å². The number of carbonyl (C=O) groups is 1. The van der Waals surface area contributed by atoms with Crippen molar-refractivity contribution in [3.63, 3.8) is 0 Å². The van der Waals surface area contributed by atoms with Crippen molar-refractivity contribution in [2.45, 2.75) is 19.1 Å². The Labute approximate surface area is 139 Å². The van der Waals surface area contributed by atoms with Gasteiger partial charge in [-0.1, -0.05) is 0 Å². The van der Waals surface area contributed by atoms with Crippen LogP contribution in [0.1, 0.15) is 17.3 Å². The van der Waals surface area contributed by atoms with Gasteiger partial charge < -0.3 is 14.2 Å². The van der Waals surface area contributed by atoms with Gasteiger partial charge in [0, 0.05) is 12.4 Å². The second kappa shape index (κ2) is 8.27. The summed E-state index contributed by atoms with van der Waals surface area (Å²) in [5.74, 6) is -3.30. The average Bonchev–Trinajstić information content (AvgIpc) is 2.57. The van der Waals surface area contributed by atoms with Gasteiger partial charge in [-0.15, -0.1) is 0 Å². The Bertz CT molecular complexity index is 677. The molecule has 2 aromatic heterocycles. The molecule has 0 fully saturated rings. The Balaban J connectivity index is 2.58. The maximum atomic E-state index is 12.6. The van der Waals surface area contributed by atoms with E-state index >= 15 is 0 Å². The molecule has 25 heavy (non-hydrogen) atoms. The number of methoxy groups -OCH3 is 1. The molecule has 0 aliphatic rings. The van der Waals surface area contributed by atoms with E-state index in [9.17, 15) is 22.4 Å². The summed E-state index contributed by atoms with van der Waals surface area (Å²) in [4.78, 5) is 19.9. The van der Waals surface area contributed by atoms with Crippen LogP contribution in [-0.2, 0) is 9.53 Å². The maximum absolute atomic E-state index is 12.6. The van der Waals surface area contributed by atoms with Crippen LogP contribution in [0.4, 0.5) is 17.6 Å². The van der Waals surface area contributed by atoms with Gasteiger partial charge in [0.2, 0.25) is 0 Å². The van der Waals surface area contributed by atoms with Crippen LogP contribution in [0.5, 0.6) is 11.5 Å². The van der Waals surface area contributed by atoms with Gasteiger partial charge in [-0.05, 0) is 24.3 Å². The molecule has 0 unspecified atom stereocenters. The number of rotatable bonds is 7. The summed E-state index contributed by atoms with van der Waals surface area (Å²) < 4.78 is 63.7. The molecule has 2 rings (SSSR count). The van der Waals surface area contributed by atoms with Gasteiger partial charge in [0.15, 0.2) is 0 Å². The van der Waals surface area contributed by atoms with E-state index in [0.717, 1.165) is 19.2 Å². The third-order valence-electron chi connectivity index (χ3n) is 3.02. The zero-order valence-electron chi connectivity index (χ0n) is 12.7. The summed E-state index contributed by atoms with van der Waals surface area (Å²) in [7, 11) is 1.04. The summed E-state index contributed by atoms with van der Waals surface area (Å²) in [6.45, 7) is -6.36. The maximum Gasteiger partial charge on any atom is 0.387 e. The van der Waals surface area contributed by atoms with Crippen LogP contribution in [0.25, 0.3) is 0 Å². The van der Waals surface area contributed by atoms with Crippen molar-refractivity contribution in [2.24, 2.45) is 0 Å². The van der Waals surface area contributed by atoms with Crippen molar-refractivity contribution < 1.29 is 36.6 Å². The fourth-order valence-corrected chi connectivity index (χ4v) is 2.10. The minimum Gasteiger partial charge on any atom is -0.468 e.